The standard InChI is InChI=1S/C22H31N7O2S/c1-22(2,3)32(30,31)28-16-6-5-7-17(14-16)29-13-10-18-19(23-4)26-21(27-20(18)29)25-15-8-11-24-12-9-15/h5-7,10,13-15,24,28H,8-9,11-12H2,1-4H3,(H2,23,25,26,27). The van der Waals surface area contributed by atoms with E-state index in [0.717, 1.165) is 48.5 Å². The summed E-state index contributed by atoms with van der Waals surface area (Å²) in [5.41, 5.74) is 2.06. The number of nitrogens with one attached hydrogen (secondary N) is 4. The van der Waals surface area contributed by atoms with Crippen LogP contribution in [0.4, 0.5) is 17.5 Å². The summed E-state index contributed by atoms with van der Waals surface area (Å²) in [7, 11) is -1.68. The van der Waals surface area contributed by atoms with E-state index in [2.05, 4.69) is 25.7 Å². The van der Waals surface area contributed by atoms with E-state index in [0.29, 0.717) is 17.7 Å². The van der Waals surface area contributed by atoms with Crippen molar-refractivity contribution in [3.05, 3.63) is 36.5 Å². The average Bonchev–Trinajstić information content (AvgIpc) is 3.17. The third-order valence-corrected chi connectivity index (χ3v) is 7.75. The molecule has 172 valence electrons. The Kier molecular flexibility index (Phi) is 6.00. The molecule has 0 amide bonds. The molecule has 3 aromatic rings. The summed E-state index contributed by atoms with van der Waals surface area (Å²) in [5, 5.41) is 10.9. The number of piperidine rings is 1. The quantitative estimate of drug-likeness (QED) is 0.450. The van der Waals surface area contributed by atoms with Gasteiger partial charge >= 0.3 is 0 Å². The molecule has 1 aliphatic rings. The van der Waals surface area contributed by atoms with Gasteiger partial charge in [0.25, 0.3) is 0 Å². The first kappa shape index (κ1) is 22.3. The Hall–Kier alpha value is -2.85. The first-order valence-electron chi connectivity index (χ1n) is 10.8. The van der Waals surface area contributed by atoms with E-state index >= 15 is 0 Å². The Morgan fingerprint density at radius 1 is 1.12 bits per heavy atom. The summed E-state index contributed by atoms with van der Waals surface area (Å²) in [6, 6.07) is 9.60. The highest BCUT2D eigenvalue weighted by Crippen LogP contribution is 2.28. The molecule has 3 heterocycles. The summed E-state index contributed by atoms with van der Waals surface area (Å²) < 4.78 is 28.9. The van der Waals surface area contributed by atoms with E-state index in [9.17, 15) is 8.42 Å². The predicted molar refractivity (Wildman–Crippen MR) is 130 cm³/mol. The molecule has 1 aromatic carbocycles. The van der Waals surface area contributed by atoms with Gasteiger partial charge in [0, 0.05) is 25.0 Å². The van der Waals surface area contributed by atoms with Gasteiger partial charge < -0.3 is 20.5 Å². The van der Waals surface area contributed by atoms with Gasteiger partial charge in [0.05, 0.1) is 15.8 Å². The number of aromatic nitrogens is 3. The molecule has 2 aromatic heterocycles. The van der Waals surface area contributed by atoms with Crippen molar-refractivity contribution in [2.75, 3.05) is 35.5 Å². The highest BCUT2D eigenvalue weighted by atomic mass is 32.2. The zero-order valence-corrected chi connectivity index (χ0v) is 19.8. The molecule has 9 nitrogen and oxygen atoms in total. The van der Waals surface area contributed by atoms with E-state index < -0.39 is 14.8 Å². The van der Waals surface area contributed by atoms with Crippen LogP contribution in [0.5, 0.6) is 0 Å². The second-order valence-electron chi connectivity index (χ2n) is 9.01. The third kappa shape index (κ3) is 4.51. The van der Waals surface area contributed by atoms with Gasteiger partial charge in [-0.3, -0.25) is 4.72 Å². The van der Waals surface area contributed by atoms with E-state index in [1.54, 1.807) is 26.8 Å². The highest BCUT2D eigenvalue weighted by molar-refractivity contribution is 7.94. The zero-order chi connectivity index (χ0) is 22.9. The summed E-state index contributed by atoms with van der Waals surface area (Å²) in [6.07, 6.45) is 3.96. The molecule has 0 bridgehead atoms. The lowest BCUT2D eigenvalue weighted by Crippen LogP contribution is -2.35. The second kappa shape index (κ2) is 8.59. The number of benzene rings is 1. The molecule has 0 spiro atoms. The molecular formula is C22H31N7O2S. The third-order valence-electron chi connectivity index (χ3n) is 5.64. The molecular weight excluding hydrogens is 426 g/mol. The molecule has 0 saturated carbocycles. The van der Waals surface area contributed by atoms with Gasteiger partial charge in [0.2, 0.25) is 16.0 Å². The topological polar surface area (TPSA) is 113 Å². The first-order chi connectivity index (χ1) is 15.2. The van der Waals surface area contributed by atoms with Crippen molar-refractivity contribution in [1.29, 1.82) is 0 Å². The van der Waals surface area contributed by atoms with Crippen molar-refractivity contribution in [2.24, 2.45) is 0 Å². The molecule has 10 heteroatoms. The maximum Gasteiger partial charge on any atom is 0.237 e. The number of anilines is 3. The lowest BCUT2D eigenvalue weighted by atomic mass is 10.1. The summed E-state index contributed by atoms with van der Waals surface area (Å²) in [4.78, 5) is 9.45. The van der Waals surface area contributed by atoms with Crippen LogP contribution in [-0.2, 0) is 10.0 Å². The van der Waals surface area contributed by atoms with Crippen LogP contribution in [-0.4, -0.2) is 53.9 Å². The van der Waals surface area contributed by atoms with E-state index in [1.807, 2.05) is 42.1 Å². The minimum atomic E-state index is -3.52. The van der Waals surface area contributed by atoms with Gasteiger partial charge in [-0.25, -0.2) is 8.42 Å². The smallest absolute Gasteiger partial charge is 0.237 e. The Morgan fingerprint density at radius 3 is 2.56 bits per heavy atom. The van der Waals surface area contributed by atoms with Crippen molar-refractivity contribution in [3.8, 4) is 5.69 Å². The largest absolute Gasteiger partial charge is 0.372 e. The molecule has 4 rings (SSSR count). The normalized spacial score (nSPS) is 15.6. The van der Waals surface area contributed by atoms with Crippen molar-refractivity contribution >= 4 is 38.5 Å². The van der Waals surface area contributed by atoms with Crippen molar-refractivity contribution in [3.63, 3.8) is 0 Å². The fraction of sp³-hybridized carbons (Fsp3) is 0.455. The van der Waals surface area contributed by atoms with Crippen LogP contribution in [0.3, 0.4) is 0 Å². The molecule has 4 N–H and O–H groups in total. The van der Waals surface area contributed by atoms with Crippen LogP contribution in [0, 0.1) is 0 Å². The summed E-state index contributed by atoms with van der Waals surface area (Å²) in [5.74, 6) is 1.33. The minimum Gasteiger partial charge on any atom is -0.372 e. The van der Waals surface area contributed by atoms with Gasteiger partial charge in [0.15, 0.2) is 5.65 Å². The van der Waals surface area contributed by atoms with Crippen LogP contribution < -0.4 is 20.7 Å². The Labute approximate surface area is 189 Å². The first-order valence-corrected chi connectivity index (χ1v) is 12.3. The number of fused-ring (bicyclic) bond motifs is 1. The number of hydrogen-bond donors (Lipinski definition) is 4. The minimum absolute atomic E-state index is 0.331. The zero-order valence-electron chi connectivity index (χ0n) is 18.9. The molecule has 0 radical (unpaired) electrons. The number of sulfonamides is 1. The van der Waals surface area contributed by atoms with Gasteiger partial charge in [-0.2, -0.15) is 9.97 Å². The molecule has 32 heavy (non-hydrogen) atoms. The molecule has 0 atom stereocenters. The molecule has 1 saturated heterocycles. The second-order valence-corrected chi connectivity index (χ2v) is 11.4. The van der Waals surface area contributed by atoms with Crippen LogP contribution in [0.25, 0.3) is 16.7 Å². The monoisotopic (exact) mass is 457 g/mol. The van der Waals surface area contributed by atoms with Gasteiger partial charge in [-0.1, -0.05) is 6.07 Å². The fourth-order valence-corrected chi connectivity index (χ4v) is 4.40. The fourth-order valence-electron chi connectivity index (χ4n) is 3.65. The average molecular weight is 458 g/mol. The Morgan fingerprint density at radius 2 is 1.88 bits per heavy atom. The van der Waals surface area contributed by atoms with E-state index in [1.165, 1.54) is 0 Å². The summed E-state index contributed by atoms with van der Waals surface area (Å²) in [6.45, 7) is 6.97. The molecule has 0 aliphatic carbocycles. The van der Waals surface area contributed by atoms with Gasteiger partial charge in [-0.05, 0) is 71.0 Å². The molecule has 0 unspecified atom stereocenters. The summed E-state index contributed by atoms with van der Waals surface area (Å²) >= 11 is 0. The SMILES string of the molecule is CNc1nc(NC2CCNCC2)nc2c1ccn2-c1cccc(NS(=O)(=O)C(C)(C)C)c1. The van der Waals surface area contributed by atoms with Crippen LogP contribution in [0.1, 0.15) is 33.6 Å². The van der Waals surface area contributed by atoms with Crippen molar-refractivity contribution in [2.45, 2.75) is 44.4 Å². The number of hydrogen-bond acceptors (Lipinski definition) is 7. The molecule has 1 fully saturated rings. The van der Waals surface area contributed by atoms with E-state index in [-0.39, 0.29) is 0 Å². The predicted octanol–water partition coefficient (Wildman–Crippen LogP) is 3.17. The van der Waals surface area contributed by atoms with Crippen molar-refractivity contribution in [1.82, 2.24) is 19.9 Å². The Balaban J connectivity index is 1.71. The molecule has 1 aliphatic heterocycles. The highest BCUT2D eigenvalue weighted by Gasteiger charge is 2.29. The lowest BCUT2D eigenvalue weighted by molar-refractivity contribution is 0.477. The number of nitrogens with zero attached hydrogens (tertiary/aromatic N) is 3. The Bertz CT molecular complexity index is 1210. The van der Waals surface area contributed by atoms with Crippen LogP contribution in [0.2, 0.25) is 0 Å². The maximum absolute atomic E-state index is 12.6. The van der Waals surface area contributed by atoms with E-state index in [4.69, 9.17) is 4.98 Å². The number of rotatable bonds is 6. The lowest BCUT2D eigenvalue weighted by Gasteiger charge is -2.24. The van der Waals surface area contributed by atoms with Gasteiger partial charge in [-0.15, -0.1) is 0 Å². The van der Waals surface area contributed by atoms with Gasteiger partial charge in [0.1, 0.15) is 5.82 Å². The van der Waals surface area contributed by atoms with Crippen molar-refractivity contribution < 1.29 is 8.42 Å². The maximum atomic E-state index is 12.6. The van der Waals surface area contributed by atoms with Crippen LogP contribution >= 0.6 is 0 Å². The van der Waals surface area contributed by atoms with Crippen LogP contribution in [0.15, 0.2) is 36.5 Å².